The van der Waals surface area contributed by atoms with E-state index in [4.69, 9.17) is 9.84 Å². The van der Waals surface area contributed by atoms with E-state index in [0.29, 0.717) is 6.42 Å². The lowest BCUT2D eigenvalue weighted by molar-refractivity contribution is -0.153. The van der Waals surface area contributed by atoms with Crippen LogP contribution in [0.2, 0.25) is 0 Å². The number of carbonyl (C=O) groups is 2. The first-order valence-electron chi connectivity index (χ1n) is 5.86. The zero-order chi connectivity index (χ0) is 12.6. The van der Waals surface area contributed by atoms with Gasteiger partial charge < -0.3 is 19.8 Å². The normalized spacial score (nSPS) is 37.4. The minimum Gasteiger partial charge on any atom is -0.480 e. The number of nitrogens with zero attached hydrogens (tertiary/aromatic N) is 1. The van der Waals surface area contributed by atoms with E-state index in [-0.39, 0.29) is 25.0 Å². The summed E-state index contributed by atoms with van der Waals surface area (Å²) >= 11 is 0. The van der Waals surface area contributed by atoms with Gasteiger partial charge in [-0.3, -0.25) is 4.79 Å². The second-order valence-electron chi connectivity index (χ2n) is 4.75. The van der Waals surface area contributed by atoms with E-state index in [1.54, 1.807) is 0 Å². The molecule has 96 valence electrons. The molecule has 0 spiro atoms. The fourth-order valence-electron chi connectivity index (χ4n) is 2.46. The number of likely N-dealkylation sites (tertiary alicyclic amines) is 1. The lowest BCUT2D eigenvalue weighted by atomic mass is 10.1. The molecule has 2 aliphatic rings. The number of aliphatic hydroxyl groups excluding tert-OH is 1. The minimum atomic E-state index is -1.07. The molecule has 2 saturated heterocycles. The van der Waals surface area contributed by atoms with Gasteiger partial charge in [0.2, 0.25) is 0 Å². The van der Waals surface area contributed by atoms with Crippen molar-refractivity contribution in [2.45, 2.75) is 50.5 Å². The molecule has 2 heterocycles. The number of carbonyl (C=O) groups excluding carboxylic acids is 1. The predicted molar refractivity (Wildman–Crippen MR) is 57.3 cm³/mol. The van der Waals surface area contributed by atoms with Crippen molar-refractivity contribution in [3.63, 3.8) is 0 Å². The number of carboxylic acid groups (broad SMARTS) is 1. The zero-order valence-electron chi connectivity index (χ0n) is 9.70. The van der Waals surface area contributed by atoms with Crippen LogP contribution in [0.4, 0.5) is 0 Å². The Balaban J connectivity index is 2.05. The first kappa shape index (κ1) is 12.3. The van der Waals surface area contributed by atoms with Crippen LogP contribution >= 0.6 is 0 Å². The summed E-state index contributed by atoms with van der Waals surface area (Å²) in [6.07, 6.45) is 0.281. The molecule has 6 nitrogen and oxygen atoms in total. The highest BCUT2D eigenvalue weighted by atomic mass is 16.5. The minimum absolute atomic E-state index is 0.0414. The Morgan fingerprint density at radius 2 is 2.06 bits per heavy atom. The smallest absolute Gasteiger partial charge is 0.326 e. The van der Waals surface area contributed by atoms with Crippen molar-refractivity contribution in [2.75, 3.05) is 6.54 Å². The third kappa shape index (κ3) is 2.42. The van der Waals surface area contributed by atoms with E-state index in [0.717, 1.165) is 6.42 Å². The van der Waals surface area contributed by atoms with Gasteiger partial charge in [-0.05, 0) is 19.8 Å². The maximum Gasteiger partial charge on any atom is 0.326 e. The van der Waals surface area contributed by atoms with E-state index < -0.39 is 24.2 Å². The number of aliphatic carboxylic acids is 1. The summed E-state index contributed by atoms with van der Waals surface area (Å²) in [5.41, 5.74) is 0. The van der Waals surface area contributed by atoms with Crippen molar-refractivity contribution in [3.8, 4) is 0 Å². The summed E-state index contributed by atoms with van der Waals surface area (Å²) in [6.45, 7) is 1.98. The van der Waals surface area contributed by atoms with Crippen LogP contribution < -0.4 is 0 Å². The first-order chi connectivity index (χ1) is 7.99. The van der Waals surface area contributed by atoms with Crippen molar-refractivity contribution >= 4 is 11.9 Å². The van der Waals surface area contributed by atoms with E-state index >= 15 is 0 Å². The van der Waals surface area contributed by atoms with Gasteiger partial charge in [-0.1, -0.05) is 0 Å². The predicted octanol–water partition coefficient (Wildman–Crippen LogP) is -0.400. The fraction of sp³-hybridized carbons (Fsp3) is 0.818. The molecule has 0 aromatic carbocycles. The maximum atomic E-state index is 12.1. The van der Waals surface area contributed by atoms with Crippen LogP contribution in [-0.4, -0.2) is 57.9 Å². The number of hydrogen-bond donors (Lipinski definition) is 2. The Bertz CT molecular complexity index is 332. The van der Waals surface area contributed by atoms with E-state index in [1.807, 2.05) is 6.92 Å². The molecular formula is C11H17NO5. The summed E-state index contributed by atoms with van der Waals surface area (Å²) in [4.78, 5) is 24.3. The molecule has 4 atom stereocenters. The molecular weight excluding hydrogens is 226 g/mol. The molecule has 0 bridgehead atoms. The van der Waals surface area contributed by atoms with E-state index in [1.165, 1.54) is 4.90 Å². The second kappa shape index (κ2) is 4.62. The Kier molecular flexibility index (Phi) is 3.35. The molecule has 0 aromatic heterocycles. The Morgan fingerprint density at radius 1 is 1.35 bits per heavy atom. The molecule has 0 radical (unpaired) electrons. The summed E-state index contributed by atoms with van der Waals surface area (Å²) in [5, 5.41) is 18.5. The van der Waals surface area contributed by atoms with Crippen LogP contribution in [0.3, 0.4) is 0 Å². The van der Waals surface area contributed by atoms with Crippen molar-refractivity contribution in [1.29, 1.82) is 0 Å². The Morgan fingerprint density at radius 3 is 2.59 bits per heavy atom. The van der Waals surface area contributed by atoms with E-state index in [9.17, 15) is 14.7 Å². The third-order valence-corrected chi connectivity index (χ3v) is 3.35. The molecule has 0 saturated carbocycles. The molecule has 0 aromatic rings. The number of ether oxygens (including phenoxy) is 1. The van der Waals surface area contributed by atoms with E-state index in [2.05, 4.69) is 0 Å². The molecule has 2 N–H and O–H groups in total. The quantitative estimate of drug-likeness (QED) is 0.689. The molecule has 2 unspecified atom stereocenters. The molecule has 2 aliphatic heterocycles. The highest BCUT2D eigenvalue weighted by molar-refractivity contribution is 5.87. The van der Waals surface area contributed by atoms with Crippen molar-refractivity contribution in [1.82, 2.24) is 4.90 Å². The molecule has 0 aliphatic carbocycles. The van der Waals surface area contributed by atoms with Gasteiger partial charge in [-0.25, -0.2) is 4.79 Å². The molecule has 2 fully saturated rings. The van der Waals surface area contributed by atoms with Gasteiger partial charge in [0.1, 0.15) is 12.1 Å². The summed E-state index contributed by atoms with van der Waals surface area (Å²) < 4.78 is 5.43. The van der Waals surface area contributed by atoms with Gasteiger partial charge in [0.25, 0.3) is 5.91 Å². The Hall–Kier alpha value is -1.14. The van der Waals surface area contributed by atoms with Gasteiger partial charge in [0, 0.05) is 13.0 Å². The lowest BCUT2D eigenvalue weighted by Gasteiger charge is -2.24. The lowest BCUT2D eigenvalue weighted by Crippen LogP contribution is -2.45. The largest absolute Gasteiger partial charge is 0.480 e. The van der Waals surface area contributed by atoms with Crippen LogP contribution in [0.1, 0.15) is 26.2 Å². The third-order valence-electron chi connectivity index (χ3n) is 3.35. The summed E-state index contributed by atoms with van der Waals surface area (Å²) in [5.74, 6) is -1.38. The van der Waals surface area contributed by atoms with Crippen LogP contribution in [0.5, 0.6) is 0 Å². The van der Waals surface area contributed by atoms with Gasteiger partial charge in [-0.2, -0.15) is 0 Å². The number of hydrogen-bond acceptors (Lipinski definition) is 4. The van der Waals surface area contributed by atoms with Crippen molar-refractivity contribution in [2.24, 2.45) is 0 Å². The average Bonchev–Trinajstić information content (AvgIpc) is 2.83. The van der Waals surface area contributed by atoms with Crippen LogP contribution in [0.15, 0.2) is 0 Å². The monoisotopic (exact) mass is 243 g/mol. The highest BCUT2D eigenvalue weighted by Crippen LogP contribution is 2.25. The van der Waals surface area contributed by atoms with Crippen molar-refractivity contribution in [3.05, 3.63) is 0 Å². The SMILES string of the molecule is CC1CCC(C(=O)N2C[C@H](O)C[C@H]2C(=O)O)O1. The first-order valence-corrected chi connectivity index (χ1v) is 5.86. The average molecular weight is 243 g/mol. The summed E-state index contributed by atoms with van der Waals surface area (Å²) in [6, 6.07) is -0.919. The topological polar surface area (TPSA) is 87.1 Å². The maximum absolute atomic E-state index is 12.1. The van der Waals surface area contributed by atoms with Crippen LogP contribution in [0.25, 0.3) is 0 Å². The summed E-state index contributed by atoms with van der Waals surface area (Å²) in [7, 11) is 0. The van der Waals surface area contributed by atoms with Gasteiger partial charge in [0.15, 0.2) is 0 Å². The van der Waals surface area contributed by atoms with Crippen LogP contribution in [-0.2, 0) is 14.3 Å². The zero-order valence-corrected chi connectivity index (χ0v) is 9.70. The standard InChI is InChI=1S/C11H17NO5/c1-6-2-3-9(17-6)10(14)12-5-7(13)4-8(12)11(15)16/h6-9,13H,2-5H2,1H3,(H,15,16)/t6?,7-,8+,9?/m1/s1. The number of carboxylic acids is 1. The number of aliphatic hydroxyl groups is 1. The number of rotatable bonds is 2. The second-order valence-corrected chi connectivity index (χ2v) is 4.75. The molecule has 2 rings (SSSR count). The molecule has 1 amide bonds. The van der Waals surface area contributed by atoms with Gasteiger partial charge in [-0.15, -0.1) is 0 Å². The van der Waals surface area contributed by atoms with Crippen LogP contribution in [0, 0.1) is 0 Å². The number of amides is 1. The van der Waals surface area contributed by atoms with Gasteiger partial charge in [0.05, 0.1) is 12.2 Å². The van der Waals surface area contributed by atoms with Gasteiger partial charge >= 0.3 is 5.97 Å². The molecule has 6 heteroatoms. The fourth-order valence-corrected chi connectivity index (χ4v) is 2.46. The Labute approximate surface area is 99.2 Å². The number of β-amino-alcohol motifs (C(OH)–C–C–N with tert-alkyl or cyclic N) is 1. The highest BCUT2D eigenvalue weighted by Gasteiger charge is 2.42. The molecule has 17 heavy (non-hydrogen) atoms. The van der Waals surface area contributed by atoms with Crippen molar-refractivity contribution < 1.29 is 24.5 Å².